The van der Waals surface area contributed by atoms with Crippen LogP contribution in [0.25, 0.3) is 11.0 Å². The van der Waals surface area contributed by atoms with Crippen molar-refractivity contribution in [1.82, 2.24) is 9.55 Å². The van der Waals surface area contributed by atoms with E-state index in [1.165, 1.54) is 0 Å². The first-order valence-electron chi connectivity index (χ1n) is 6.69. The number of rotatable bonds is 5. The van der Waals surface area contributed by atoms with Gasteiger partial charge in [-0.25, -0.2) is 9.78 Å². The Hall–Kier alpha value is -1.49. The maximum Gasteiger partial charge on any atom is 0.335 e. The Balaban J connectivity index is 2.63. The van der Waals surface area contributed by atoms with Crippen molar-refractivity contribution in [3.63, 3.8) is 0 Å². The number of thioether (sulfide) groups is 1. The average molecular weight is 292 g/mol. The summed E-state index contributed by atoms with van der Waals surface area (Å²) in [5.41, 5.74) is 2.07. The second-order valence-corrected chi connectivity index (χ2v) is 6.22. The van der Waals surface area contributed by atoms with Crippen molar-refractivity contribution < 1.29 is 9.90 Å². The van der Waals surface area contributed by atoms with E-state index in [-0.39, 0.29) is 5.56 Å². The summed E-state index contributed by atoms with van der Waals surface area (Å²) < 4.78 is 2.24. The third kappa shape index (κ3) is 2.68. The summed E-state index contributed by atoms with van der Waals surface area (Å²) in [6.45, 7) is 6.40. The maximum absolute atomic E-state index is 11.1. The number of benzene rings is 1. The molecule has 1 aromatic carbocycles. The normalized spacial score (nSPS) is 13.1. The minimum absolute atomic E-state index is 0.287. The Morgan fingerprint density at radius 2 is 2.10 bits per heavy atom. The lowest BCUT2D eigenvalue weighted by Gasteiger charge is -2.18. The molecule has 0 aliphatic carbocycles. The minimum Gasteiger partial charge on any atom is -0.478 e. The summed E-state index contributed by atoms with van der Waals surface area (Å²) in [5, 5.41) is 9.09. The van der Waals surface area contributed by atoms with Crippen LogP contribution in [0.15, 0.2) is 18.2 Å². The van der Waals surface area contributed by atoms with Gasteiger partial charge in [-0.2, -0.15) is 11.8 Å². The first kappa shape index (κ1) is 14.9. The highest BCUT2D eigenvalue weighted by molar-refractivity contribution is 7.98. The van der Waals surface area contributed by atoms with Gasteiger partial charge in [0.05, 0.1) is 16.6 Å². The van der Waals surface area contributed by atoms with E-state index in [1.54, 1.807) is 23.9 Å². The van der Waals surface area contributed by atoms with Crippen LogP contribution in [0, 0.1) is 0 Å². The topological polar surface area (TPSA) is 55.1 Å². The van der Waals surface area contributed by atoms with Crippen LogP contribution in [-0.4, -0.2) is 32.6 Å². The van der Waals surface area contributed by atoms with E-state index in [9.17, 15) is 4.79 Å². The van der Waals surface area contributed by atoms with Crippen LogP contribution in [-0.2, 0) is 0 Å². The van der Waals surface area contributed by atoms with Gasteiger partial charge in [0.25, 0.3) is 0 Å². The Bertz CT molecular complexity index is 634. The molecule has 0 radical (unpaired) electrons. The quantitative estimate of drug-likeness (QED) is 0.911. The number of imidazole rings is 1. The van der Waals surface area contributed by atoms with E-state index < -0.39 is 5.97 Å². The summed E-state index contributed by atoms with van der Waals surface area (Å²) >= 11 is 1.80. The molecule has 20 heavy (non-hydrogen) atoms. The van der Waals surface area contributed by atoms with Crippen LogP contribution < -0.4 is 0 Å². The highest BCUT2D eigenvalue weighted by Gasteiger charge is 2.18. The largest absolute Gasteiger partial charge is 0.478 e. The van der Waals surface area contributed by atoms with Crippen molar-refractivity contribution in [2.75, 3.05) is 12.0 Å². The van der Waals surface area contributed by atoms with E-state index in [0.29, 0.717) is 12.0 Å². The molecule has 0 saturated heterocycles. The van der Waals surface area contributed by atoms with Crippen molar-refractivity contribution in [2.24, 2.45) is 0 Å². The Morgan fingerprint density at radius 3 is 2.65 bits per heavy atom. The van der Waals surface area contributed by atoms with Gasteiger partial charge in [-0.3, -0.25) is 0 Å². The molecule has 2 rings (SSSR count). The zero-order chi connectivity index (χ0) is 14.9. The van der Waals surface area contributed by atoms with Gasteiger partial charge >= 0.3 is 5.97 Å². The molecule has 1 aromatic heterocycles. The lowest BCUT2D eigenvalue weighted by Crippen LogP contribution is -2.12. The smallest absolute Gasteiger partial charge is 0.335 e. The Morgan fingerprint density at radius 1 is 1.40 bits per heavy atom. The number of carbonyl (C=O) groups is 1. The van der Waals surface area contributed by atoms with E-state index >= 15 is 0 Å². The number of carboxylic acid groups (broad SMARTS) is 1. The Labute approximate surface area is 123 Å². The lowest BCUT2D eigenvalue weighted by molar-refractivity contribution is 0.0697. The summed E-state index contributed by atoms with van der Waals surface area (Å²) in [6, 6.07) is 5.52. The van der Waals surface area contributed by atoms with E-state index in [4.69, 9.17) is 5.11 Å². The van der Waals surface area contributed by atoms with Gasteiger partial charge in [-0.15, -0.1) is 0 Å². The van der Waals surface area contributed by atoms with Crippen LogP contribution in [0.1, 0.15) is 48.9 Å². The van der Waals surface area contributed by atoms with Crippen molar-refractivity contribution in [1.29, 1.82) is 0 Å². The molecule has 108 valence electrons. The second-order valence-electron chi connectivity index (χ2n) is 5.31. The maximum atomic E-state index is 11.1. The standard InChI is InChI=1S/C15H20N2O2S/c1-9(2)14-16-12-7-11(15(18)19)5-6-13(12)17(14)10(3)8-20-4/h5-7,9-10H,8H2,1-4H3,(H,18,19). The summed E-state index contributed by atoms with van der Waals surface area (Å²) in [6.07, 6.45) is 2.09. The predicted molar refractivity (Wildman–Crippen MR) is 83.9 cm³/mol. The highest BCUT2D eigenvalue weighted by Crippen LogP contribution is 2.28. The van der Waals surface area contributed by atoms with Gasteiger partial charge in [0, 0.05) is 17.7 Å². The molecule has 0 bridgehead atoms. The van der Waals surface area contributed by atoms with E-state index in [1.807, 2.05) is 6.07 Å². The zero-order valence-corrected chi connectivity index (χ0v) is 13.1. The molecule has 4 nitrogen and oxygen atoms in total. The predicted octanol–water partition coefficient (Wildman–Crippen LogP) is 3.78. The molecular weight excluding hydrogens is 272 g/mol. The zero-order valence-electron chi connectivity index (χ0n) is 12.3. The van der Waals surface area contributed by atoms with Crippen LogP contribution in [0.2, 0.25) is 0 Å². The van der Waals surface area contributed by atoms with Crippen LogP contribution in [0.5, 0.6) is 0 Å². The molecule has 1 heterocycles. The lowest BCUT2D eigenvalue weighted by atomic mass is 10.2. The number of fused-ring (bicyclic) bond motifs is 1. The number of aromatic nitrogens is 2. The number of hydrogen-bond donors (Lipinski definition) is 1. The van der Waals surface area contributed by atoms with Gasteiger partial charge in [0.15, 0.2) is 0 Å². The molecule has 0 spiro atoms. The number of nitrogens with zero attached hydrogens (tertiary/aromatic N) is 2. The van der Waals surface area contributed by atoms with Gasteiger partial charge in [0.2, 0.25) is 0 Å². The minimum atomic E-state index is -0.912. The molecule has 2 aromatic rings. The monoisotopic (exact) mass is 292 g/mol. The molecule has 0 aliphatic rings. The van der Waals surface area contributed by atoms with Crippen molar-refractivity contribution >= 4 is 28.8 Å². The molecule has 5 heteroatoms. The van der Waals surface area contributed by atoms with Crippen molar-refractivity contribution in [3.05, 3.63) is 29.6 Å². The highest BCUT2D eigenvalue weighted by atomic mass is 32.2. The second kappa shape index (κ2) is 5.87. The van der Waals surface area contributed by atoms with Gasteiger partial charge in [-0.05, 0) is 31.4 Å². The average Bonchev–Trinajstić information content (AvgIpc) is 2.77. The molecule has 0 amide bonds. The van der Waals surface area contributed by atoms with Crippen molar-refractivity contribution in [2.45, 2.75) is 32.7 Å². The first-order valence-corrected chi connectivity index (χ1v) is 8.09. The van der Waals surface area contributed by atoms with E-state index in [2.05, 4.69) is 36.6 Å². The van der Waals surface area contributed by atoms with Gasteiger partial charge in [0.1, 0.15) is 5.82 Å². The third-order valence-electron chi connectivity index (χ3n) is 3.33. The van der Waals surface area contributed by atoms with Crippen molar-refractivity contribution in [3.8, 4) is 0 Å². The summed E-state index contributed by atoms with van der Waals surface area (Å²) in [4.78, 5) is 15.7. The van der Waals surface area contributed by atoms with E-state index in [0.717, 1.165) is 22.6 Å². The fourth-order valence-corrected chi connectivity index (χ4v) is 3.07. The fourth-order valence-electron chi connectivity index (χ4n) is 2.44. The summed E-state index contributed by atoms with van der Waals surface area (Å²) in [7, 11) is 0. The molecule has 0 aliphatic heterocycles. The SMILES string of the molecule is CSCC(C)n1c(C(C)C)nc2cc(C(=O)O)ccc21. The first-order chi connectivity index (χ1) is 9.45. The van der Waals surface area contributed by atoms with Crippen LogP contribution in [0.4, 0.5) is 0 Å². The number of carboxylic acids is 1. The third-order valence-corrected chi connectivity index (χ3v) is 4.14. The molecule has 1 atom stereocenters. The Kier molecular flexibility index (Phi) is 4.38. The van der Waals surface area contributed by atoms with Gasteiger partial charge < -0.3 is 9.67 Å². The molecule has 1 N–H and O–H groups in total. The van der Waals surface area contributed by atoms with Gasteiger partial charge in [-0.1, -0.05) is 13.8 Å². The molecule has 0 fully saturated rings. The van der Waals surface area contributed by atoms with Crippen LogP contribution in [0.3, 0.4) is 0 Å². The molecule has 0 saturated carbocycles. The number of aromatic carboxylic acids is 1. The molecular formula is C15H20N2O2S. The van der Waals surface area contributed by atoms with Crippen LogP contribution >= 0.6 is 11.8 Å². The number of hydrogen-bond acceptors (Lipinski definition) is 3. The summed E-state index contributed by atoms with van der Waals surface area (Å²) in [5.74, 6) is 1.42. The fraction of sp³-hybridized carbons (Fsp3) is 0.467. The molecule has 1 unspecified atom stereocenters.